The van der Waals surface area contributed by atoms with E-state index in [2.05, 4.69) is 5.32 Å². The lowest BCUT2D eigenvalue weighted by atomic mass is 9.97. The number of nitrogens with one attached hydrogen (secondary N) is 1. The summed E-state index contributed by atoms with van der Waals surface area (Å²) in [5.74, 6) is -0.504. The van der Waals surface area contributed by atoms with Gasteiger partial charge in [-0.3, -0.25) is 14.9 Å². The number of hydrogen-bond acceptors (Lipinski definition) is 4. The van der Waals surface area contributed by atoms with Gasteiger partial charge in [0.1, 0.15) is 0 Å². The zero-order valence-corrected chi connectivity index (χ0v) is 8.84. The number of hydrogen-bond donors (Lipinski definition) is 1. The molecule has 0 saturated heterocycles. The minimum Gasteiger partial charge on any atom is -0.358 e. The molecule has 1 aromatic rings. The highest BCUT2D eigenvalue weighted by molar-refractivity contribution is 5.97. The number of carbonyl (C=O) groups excluding carboxylic acids is 1. The van der Waals surface area contributed by atoms with Crippen molar-refractivity contribution in [2.24, 2.45) is 0 Å². The Balaban J connectivity index is 2.51. The molecule has 1 aliphatic rings. The van der Waals surface area contributed by atoms with Crippen LogP contribution in [-0.2, 0) is 4.74 Å². The van der Waals surface area contributed by atoms with Crippen molar-refractivity contribution >= 4 is 11.6 Å². The molecule has 2 unspecified atom stereocenters. The number of alkyl halides is 1. The summed E-state index contributed by atoms with van der Waals surface area (Å²) < 4.78 is 18.6. The maximum Gasteiger partial charge on any atom is 0.269 e. The van der Waals surface area contributed by atoms with Crippen LogP contribution in [0.4, 0.5) is 10.1 Å². The molecule has 1 aromatic carbocycles. The zero-order chi connectivity index (χ0) is 12.6. The topological polar surface area (TPSA) is 81.5 Å². The molecule has 0 aromatic heterocycles. The molecule has 0 spiro atoms. The summed E-state index contributed by atoms with van der Waals surface area (Å²) in [5.41, 5.74) is -0.179. The minimum absolute atomic E-state index is 0.0187. The average molecular weight is 240 g/mol. The third-order valence-corrected chi connectivity index (χ3v) is 2.58. The van der Waals surface area contributed by atoms with Crippen LogP contribution in [0.15, 0.2) is 18.2 Å². The van der Waals surface area contributed by atoms with Gasteiger partial charge in [-0.25, -0.2) is 4.39 Å². The number of fused-ring (bicyclic) bond motifs is 1. The fourth-order valence-electron chi connectivity index (χ4n) is 1.72. The third kappa shape index (κ3) is 1.84. The van der Waals surface area contributed by atoms with Crippen molar-refractivity contribution in [1.29, 1.82) is 0 Å². The minimum atomic E-state index is -1.62. The van der Waals surface area contributed by atoms with Crippen molar-refractivity contribution in [2.75, 3.05) is 7.11 Å². The molecule has 6 nitrogen and oxygen atoms in total. The monoisotopic (exact) mass is 240 g/mol. The van der Waals surface area contributed by atoms with Gasteiger partial charge in [-0.15, -0.1) is 0 Å². The highest BCUT2D eigenvalue weighted by Gasteiger charge is 2.34. The van der Waals surface area contributed by atoms with E-state index in [9.17, 15) is 19.3 Å². The molecule has 1 heterocycles. The molecule has 1 N–H and O–H groups in total. The standard InChI is InChI=1S/C10H9FN2O4/c1-17-10-8(11)7-4-5(13(15)16)2-3-6(7)9(14)12-10/h2-4,8,10H,1H3,(H,12,14). The van der Waals surface area contributed by atoms with E-state index in [1.165, 1.54) is 13.2 Å². The zero-order valence-electron chi connectivity index (χ0n) is 8.84. The van der Waals surface area contributed by atoms with E-state index in [4.69, 9.17) is 4.74 Å². The van der Waals surface area contributed by atoms with Crippen molar-refractivity contribution in [3.63, 3.8) is 0 Å². The Bertz CT molecular complexity index is 491. The number of nitro groups is 1. The highest BCUT2D eigenvalue weighted by atomic mass is 19.1. The second-order valence-electron chi connectivity index (χ2n) is 3.56. The number of nitro benzene ring substituents is 1. The van der Waals surface area contributed by atoms with E-state index in [0.717, 1.165) is 12.1 Å². The van der Waals surface area contributed by atoms with E-state index in [0.29, 0.717) is 0 Å². The van der Waals surface area contributed by atoms with Gasteiger partial charge >= 0.3 is 0 Å². The van der Waals surface area contributed by atoms with Gasteiger partial charge in [0.25, 0.3) is 11.6 Å². The van der Waals surface area contributed by atoms with Gasteiger partial charge in [0, 0.05) is 30.4 Å². The summed E-state index contributed by atoms with van der Waals surface area (Å²) in [4.78, 5) is 21.5. The predicted molar refractivity (Wildman–Crippen MR) is 55.2 cm³/mol. The second-order valence-corrected chi connectivity index (χ2v) is 3.56. The SMILES string of the molecule is COC1NC(=O)c2ccc([N+](=O)[O-])cc2C1F. The lowest BCUT2D eigenvalue weighted by molar-refractivity contribution is -0.385. The number of amides is 1. The van der Waals surface area contributed by atoms with Crippen LogP contribution in [0.2, 0.25) is 0 Å². The average Bonchev–Trinajstić information content (AvgIpc) is 2.33. The van der Waals surface area contributed by atoms with Crippen LogP contribution in [0.1, 0.15) is 22.1 Å². The van der Waals surface area contributed by atoms with E-state index in [1.807, 2.05) is 0 Å². The number of non-ortho nitro benzene ring substituents is 1. The van der Waals surface area contributed by atoms with Gasteiger partial charge in [0.05, 0.1) is 4.92 Å². The van der Waals surface area contributed by atoms with Crippen molar-refractivity contribution in [3.05, 3.63) is 39.4 Å². The van der Waals surface area contributed by atoms with Gasteiger partial charge in [-0.2, -0.15) is 0 Å². The molecule has 1 aliphatic heterocycles. The van der Waals surface area contributed by atoms with E-state index >= 15 is 0 Å². The van der Waals surface area contributed by atoms with Crippen LogP contribution < -0.4 is 5.32 Å². The van der Waals surface area contributed by atoms with Crippen LogP contribution in [-0.4, -0.2) is 24.2 Å². The van der Waals surface area contributed by atoms with Crippen LogP contribution in [0.3, 0.4) is 0 Å². The first-order chi connectivity index (χ1) is 8.04. The third-order valence-electron chi connectivity index (χ3n) is 2.58. The van der Waals surface area contributed by atoms with Crippen molar-refractivity contribution < 1.29 is 18.8 Å². The number of methoxy groups -OCH3 is 1. The van der Waals surface area contributed by atoms with Crippen LogP contribution in [0.25, 0.3) is 0 Å². The normalized spacial score (nSPS) is 22.8. The maximum absolute atomic E-state index is 13.9. The van der Waals surface area contributed by atoms with Gasteiger partial charge < -0.3 is 10.1 Å². The second kappa shape index (κ2) is 4.10. The summed E-state index contributed by atoms with van der Waals surface area (Å²) in [6.45, 7) is 0. The molecule has 0 fully saturated rings. The molecular formula is C10H9FN2O4. The van der Waals surface area contributed by atoms with Crippen LogP contribution >= 0.6 is 0 Å². The molecule has 0 saturated carbocycles. The van der Waals surface area contributed by atoms with E-state index in [-0.39, 0.29) is 16.8 Å². The van der Waals surface area contributed by atoms with E-state index < -0.39 is 23.2 Å². The van der Waals surface area contributed by atoms with Gasteiger partial charge in [0.2, 0.25) is 0 Å². The Hall–Kier alpha value is -2.02. The van der Waals surface area contributed by atoms with Gasteiger partial charge in [-0.05, 0) is 6.07 Å². The Morgan fingerprint density at radius 1 is 1.53 bits per heavy atom. The Labute approximate surface area is 95.5 Å². The number of rotatable bonds is 2. The van der Waals surface area contributed by atoms with Crippen molar-refractivity contribution in [1.82, 2.24) is 5.32 Å². The lowest BCUT2D eigenvalue weighted by Gasteiger charge is -2.27. The summed E-state index contributed by atoms with van der Waals surface area (Å²) in [6.07, 6.45) is -2.73. The fraction of sp³-hybridized carbons (Fsp3) is 0.300. The van der Waals surface area contributed by atoms with Crippen molar-refractivity contribution in [3.8, 4) is 0 Å². The highest BCUT2D eigenvalue weighted by Crippen LogP contribution is 2.32. The molecular weight excluding hydrogens is 231 g/mol. The molecule has 0 bridgehead atoms. The summed E-state index contributed by atoms with van der Waals surface area (Å²) >= 11 is 0. The first kappa shape index (κ1) is 11.5. The van der Waals surface area contributed by atoms with E-state index in [1.54, 1.807) is 0 Å². The molecule has 0 aliphatic carbocycles. The number of halogens is 1. The quantitative estimate of drug-likeness (QED) is 0.624. The Morgan fingerprint density at radius 2 is 2.24 bits per heavy atom. The molecule has 1 amide bonds. The van der Waals surface area contributed by atoms with Crippen LogP contribution in [0, 0.1) is 10.1 Å². The van der Waals surface area contributed by atoms with Gasteiger partial charge in [0.15, 0.2) is 12.4 Å². The maximum atomic E-state index is 13.9. The number of benzene rings is 1. The molecule has 2 atom stereocenters. The summed E-state index contributed by atoms with van der Waals surface area (Å²) in [7, 11) is 1.25. The molecule has 90 valence electrons. The van der Waals surface area contributed by atoms with Crippen LogP contribution in [0.5, 0.6) is 0 Å². The Kier molecular flexibility index (Phi) is 2.76. The van der Waals surface area contributed by atoms with Crippen molar-refractivity contribution in [2.45, 2.75) is 12.4 Å². The lowest BCUT2D eigenvalue weighted by Crippen LogP contribution is -2.44. The molecule has 0 radical (unpaired) electrons. The van der Waals surface area contributed by atoms with Gasteiger partial charge in [-0.1, -0.05) is 0 Å². The smallest absolute Gasteiger partial charge is 0.269 e. The number of carbonyl (C=O) groups is 1. The molecule has 17 heavy (non-hydrogen) atoms. The first-order valence-corrected chi connectivity index (χ1v) is 4.80. The first-order valence-electron chi connectivity index (χ1n) is 4.80. The predicted octanol–water partition coefficient (Wildman–Crippen LogP) is 1.32. The molecule has 7 heteroatoms. The Morgan fingerprint density at radius 3 is 2.82 bits per heavy atom. The molecule has 2 rings (SSSR count). The number of nitrogens with zero attached hydrogens (tertiary/aromatic N) is 1. The fourth-order valence-corrected chi connectivity index (χ4v) is 1.72. The largest absolute Gasteiger partial charge is 0.358 e. The summed E-state index contributed by atoms with van der Waals surface area (Å²) in [6, 6.07) is 3.46. The summed E-state index contributed by atoms with van der Waals surface area (Å²) in [5, 5.41) is 12.9. The number of ether oxygens (including phenoxy) is 1.